The van der Waals surface area contributed by atoms with Crippen LogP contribution >= 0.6 is 23.1 Å². The predicted octanol–water partition coefficient (Wildman–Crippen LogP) is 4.97. The van der Waals surface area contributed by atoms with Crippen LogP contribution < -0.4 is 15.1 Å². The number of nitrogens with zero attached hydrogens (tertiary/aromatic N) is 2. The number of esters is 1. The normalized spacial score (nSPS) is 19.0. The molecule has 44 heavy (non-hydrogen) atoms. The number of para-hydroxylation sites is 1. The summed E-state index contributed by atoms with van der Waals surface area (Å²) in [6.07, 6.45) is 0. The number of nitrogens with one attached hydrogen (secondary N) is 1. The second-order valence-electron chi connectivity index (χ2n) is 10.4. The van der Waals surface area contributed by atoms with Gasteiger partial charge in [-0.3, -0.25) is 23.7 Å². The Morgan fingerprint density at radius 2 is 1.66 bits per heavy atom. The van der Waals surface area contributed by atoms with E-state index in [-0.39, 0.29) is 18.7 Å². The first kappa shape index (κ1) is 29.5. The number of aromatic nitrogens is 1. The predicted molar refractivity (Wildman–Crippen MR) is 165 cm³/mol. The monoisotopic (exact) mass is 631 g/mol. The lowest BCUT2D eigenvalue weighted by Gasteiger charge is -2.30. The highest BCUT2D eigenvalue weighted by Gasteiger charge is 2.56. The van der Waals surface area contributed by atoms with Gasteiger partial charge >= 0.3 is 10.8 Å². The standard InChI is InChI=1S/C32H26FN3O6S2/c1-3-42-31(40)19-10-14-21(15-11-19)36-28(38)25-24(18-8-12-20(33)13-9-18)27-30(43-26(25)29(36)39)35(32(41)44-27)16-23(37)34-22-7-5-4-6-17(22)2/h4-15,24-26H,3,16H2,1-2H3,(H,34,37)/t24-,25-,26+/m0/s1. The van der Waals surface area contributed by atoms with Gasteiger partial charge in [0, 0.05) is 16.5 Å². The van der Waals surface area contributed by atoms with Crippen LogP contribution in [0.1, 0.15) is 39.2 Å². The van der Waals surface area contributed by atoms with E-state index in [1.165, 1.54) is 41.0 Å². The Hall–Kier alpha value is -4.55. The molecule has 3 aromatic carbocycles. The molecule has 1 fully saturated rings. The van der Waals surface area contributed by atoms with Gasteiger partial charge in [-0.25, -0.2) is 14.1 Å². The topological polar surface area (TPSA) is 115 Å². The number of fused-ring (bicyclic) bond motifs is 2. The van der Waals surface area contributed by atoms with Crippen LogP contribution in [0.15, 0.2) is 82.6 Å². The molecule has 4 aromatic rings. The van der Waals surface area contributed by atoms with E-state index in [2.05, 4.69) is 5.32 Å². The first-order valence-electron chi connectivity index (χ1n) is 13.8. The molecule has 1 aromatic heterocycles. The van der Waals surface area contributed by atoms with Gasteiger partial charge in [-0.15, -0.1) is 0 Å². The smallest absolute Gasteiger partial charge is 0.338 e. The summed E-state index contributed by atoms with van der Waals surface area (Å²) in [5.74, 6) is -3.97. The summed E-state index contributed by atoms with van der Waals surface area (Å²) < 4.78 is 20.3. The van der Waals surface area contributed by atoms with Crippen molar-refractivity contribution in [3.63, 3.8) is 0 Å². The molecule has 1 N–H and O–H groups in total. The summed E-state index contributed by atoms with van der Waals surface area (Å²) in [5.41, 5.74) is 2.62. The molecule has 0 spiro atoms. The number of hydrogen-bond donors (Lipinski definition) is 1. The molecule has 2 aliphatic rings. The van der Waals surface area contributed by atoms with Gasteiger partial charge in [0.25, 0.3) is 0 Å². The summed E-state index contributed by atoms with van der Waals surface area (Å²) in [4.78, 5) is 67.7. The van der Waals surface area contributed by atoms with Crippen molar-refractivity contribution in [3.05, 3.63) is 110 Å². The van der Waals surface area contributed by atoms with Crippen molar-refractivity contribution in [1.82, 2.24) is 4.57 Å². The number of anilines is 2. The highest BCUT2D eigenvalue weighted by atomic mass is 32.2. The Bertz CT molecular complexity index is 1850. The second-order valence-corrected chi connectivity index (χ2v) is 12.5. The number of aryl methyl sites for hydroxylation is 1. The van der Waals surface area contributed by atoms with Gasteiger partial charge in [0.2, 0.25) is 17.7 Å². The maximum Gasteiger partial charge on any atom is 0.338 e. The minimum atomic E-state index is -0.908. The van der Waals surface area contributed by atoms with Gasteiger partial charge < -0.3 is 10.1 Å². The van der Waals surface area contributed by atoms with E-state index in [9.17, 15) is 28.4 Å². The summed E-state index contributed by atoms with van der Waals surface area (Å²) in [6, 6.07) is 18.9. The van der Waals surface area contributed by atoms with Crippen LogP contribution in [0.5, 0.6) is 0 Å². The quantitative estimate of drug-likeness (QED) is 0.226. The molecule has 3 atom stereocenters. The summed E-state index contributed by atoms with van der Waals surface area (Å²) in [5, 5.41) is 2.35. The number of hydrogen-bond acceptors (Lipinski definition) is 8. The third kappa shape index (κ3) is 5.24. The van der Waals surface area contributed by atoms with Gasteiger partial charge in [-0.2, -0.15) is 0 Å². The number of carbonyl (C=O) groups excluding carboxylic acids is 4. The van der Waals surface area contributed by atoms with Crippen LogP contribution in [0.2, 0.25) is 0 Å². The highest BCUT2D eigenvalue weighted by molar-refractivity contribution is 8.00. The third-order valence-electron chi connectivity index (χ3n) is 7.64. The number of carbonyl (C=O) groups is 4. The van der Waals surface area contributed by atoms with E-state index in [1.54, 1.807) is 31.2 Å². The minimum Gasteiger partial charge on any atom is -0.462 e. The fourth-order valence-corrected chi connectivity index (χ4v) is 8.32. The van der Waals surface area contributed by atoms with E-state index in [4.69, 9.17) is 4.74 Å². The molecule has 224 valence electrons. The van der Waals surface area contributed by atoms with Crippen molar-refractivity contribution in [1.29, 1.82) is 0 Å². The average Bonchev–Trinajstić information content (AvgIpc) is 3.45. The molecule has 12 heteroatoms. The third-order valence-corrected chi connectivity index (χ3v) is 10.2. The number of rotatable bonds is 7. The zero-order valence-corrected chi connectivity index (χ0v) is 25.2. The number of amides is 3. The number of benzene rings is 3. The first-order valence-corrected chi connectivity index (χ1v) is 15.5. The Morgan fingerprint density at radius 3 is 2.34 bits per heavy atom. The molecule has 1 saturated heterocycles. The number of halogens is 1. The van der Waals surface area contributed by atoms with Gasteiger partial charge in [0.05, 0.1) is 28.8 Å². The molecule has 0 unspecified atom stereocenters. The molecule has 0 radical (unpaired) electrons. The lowest BCUT2D eigenvalue weighted by atomic mass is 9.83. The molecule has 2 aliphatic heterocycles. The van der Waals surface area contributed by atoms with Crippen LogP contribution in [0.3, 0.4) is 0 Å². The van der Waals surface area contributed by atoms with Crippen molar-refractivity contribution in [2.45, 2.75) is 36.6 Å². The maximum absolute atomic E-state index is 14.0. The molecule has 0 aliphatic carbocycles. The Balaban J connectivity index is 1.37. The Labute approximate surface area is 259 Å². The fraction of sp³-hybridized carbons (Fsp3) is 0.219. The molecule has 3 heterocycles. The van der Waals surface area contributed by atoms with E-state index in [0.717, 1.165) is 33.6 Å². The van der Waals surface area contributed by atoms with Crippen molar-refractivity contribution >= 4 is 58.2 Å². The molecule has 9 nitrogen and oxygen atoms in total. The minimum absolute atomic E-state index is 0.206. The Kier molecular flexibility index (Phi) is 7.95. The van der Waals surface area contributed by atoms with Gasteiger partial charge in [-0.1, -0.05) is 53.4 Å². The van der Waals surface area contributed by atoms with Crippen LogP contribution in [0.25, 0.3) is 0 Å². The second kappa shape index (κ2) is 11.9. The van der Waals surface area contributed by atoms with E-state index in [0.29, 0.717) is 26.8 Å². The largest absolute Gasteiger partial charge is 0.462 e. The molecule has 6 rings (SSSR count). The summed E-state index contributed by atoms with van der Waals surface area (Å²) in [7, 11) is 0. The SMILES string of the molecule is CCOC(=O)c1ccc(N2C(=O)[C@H]3[C@H](c4ccc(F)cc4)c4sc(=O)n(CC(=O)Nc5ccccc5C)c4S[C@H]3C2=O)cc1. The molecule has 3 amide bonds. The first-order chi connectivity index (χ1) is 21.2. The number of thioether (sulfide) groups is 1. The van der Waals surface area contributed by atoms with E-state index < -0.39 is 51.5 Å². The van der Waals surface area contributed by atoms with Gasteiger partial charge in [0.15, 0.2) is 0 Å². The van der Waals surface area contributed by atoms with Crippen LogP contribution in [-0.4, -0.2) is 40.1 Å². The fourth-order valence-electron chi connectivity index (χ4n) is 5.55. The lowest BCUT2D eigenvalue weighted by molar-refractivity contribution is -0.122. The van der Waals surface area contributed by atoms with Crippen molar-refractivity contribution in [2.75, 3.05) is 16.8 Å². The summed E-state index contributed by atoms with van der Waals surface area (Å²) >= 11 is 2.00. The van der Waals surface area contributed by atoms with Crippen LogP contribution in [0, 0.1) is 18.7 Å². The van der Waals surface area contributed by atoms with Gasteiger partial charge in [0.1, 0.15) is 17.6 Å². The van der Waals surface area contributed by atoms with Crippen molar-refractivity contribution < 1.29 is 28.3 Å². The summed E-state index contributed by atoms with van der Waals surface area (Å²) in [6.45, 7) is 3.47. The molecule has 0 bridgehead atoms. The van der Waals surface area contributed by atoms with Crippen LogP contribution in [-0.2, 0) is 25.7 Å². The Morgan fingerprint density at radius 1 is 0.955 bits per heavy atom. The van der Waals surface area contributed by atoms with Crippen molar-refractivity contribution in [3.8, 4) is 0 Å². The average molecular weight is 632 g/mol. The van der Waals surface area contributed by atoms with Crippen LogP contribution in [0.4, 0.5) is 15.8 Å². The molecule has 0 saturated carbocycles. The van der Waals surface area contributed by atoms with Gasteiger partial charge in [-0.05, 0) is 67.4 Å². The lowest BCUT2D eigenvalue weighted by Crippen LogP contribution is -2.33. The number of ether oxygens (including phenoxy) is 1. The number of imide groups is 1. The zero-order valence-electron chi connectivity index (χ0n) is 23.6. The van der Waals surface area contributed by atoms with Crippen molar-refractivity contribution in [2.24, 2.45) is 5.92 Å². The number of thiazole rings is 1. The molecular weight excluding hydrogens is 605 g/mol. The highest BCUT2D eigenvalue weighted by Crippen LogP contribution is 2.53. The van der Waals surface area contributed by atoms with E-state index in [1.807, 2.05) is 19.1 Å². The molecular formula is C32H26FN3O6S2. The zero-order chi connectivity index (χ0) is 31.1. The van der Waals surface area contributed by atoms with E-state index >= 15 is 0 Å². The maximum atomic E-state index is 14.0.